The number of carbonyl (C=O) groups excluding carboxylic acids is 1. The zero-order chi connectivity index (χ0) is 13.1. The molecule has 3 nitrogen and oxygen atoms in total. The van der Waals surface area contributed by atoms with Crippen LogP contribution >= 0.6 is 15.9 Å². The second kappa shape index (κ2) is 5.80. The van der Waals surface area contributed by atoms with E-state index >= 15 is 0 Å². The van der Waals surface area contributed by atoms with Crippen molar-refractivity contribution in [3.8, 4) is 0 Å². The number of hydrogen-bond acceptors (Lipinski definition) is 2. The van der Waals surface area contributed by atoms with Gasteiger partial charge in [0.15, 0.2) is 0 Å². The molecular weight excluding hydrogens is 301 g/mol. The Morgan fingerprint density at radius 3 is 3.00 bits per heavy atom. The van der Waals surface area contributed by atoms with Crippen molar-refractivity contribution in [2.45, 2.75) is 12.8 Å². The van der Waals surface area contributed by atoms with E-state index in [0.29, 0.717) is 29.0 Å². The summed E-state index contributed by atoms with van der Waals surface area (Å²) in [6.45, 7) is 1.54. The fourth-order valence-electron chi connectivity index (χ4n) is 2.25. The van der Waals surface area contributed by atoms with Crippen LogP contribution in [0, 0.1) is 11.7 Å². The number of nitrogens with zero attached hydrogens (tertiary/aromatic N) is 1. The SMILES string of the molecule is O=C(c1ccc(F)c(Br)c1)N1CCC(CCO)C1. The highest BCUT2D eigenvalue weighted by atomic mass is 79.9. The summed E-state index contributed by atoms with van der Waals surface area (Å²) in [5.74, 6) is -0.0647. The summed E-state index contributed by atoms with van der Waals surface area (Å²) in [4.78, 5) is 13.9. The minimum Gasteiger partial charge on any atom is -0.396 e. The molecule has 1 aromatic rings. The molecule has 98 valence electrons. The molecule has 5 heteroatoms. The van der Waals surface area contributed by atoms with E-state index in [1.165, 1.54) is 18.2 Å². The lowest BCUT2D eigenvalue weighted by atomic mass is 10.1. The molecule has 1 saturated heterocycles. The molecule has 1 aromatic carbocycles. The molecule has 0 spiro atoms. The van der Waals surface area contributed by atoms with Crippen molar-refractivity contribution in [3.05, 3.63) is 34.1 Å². The van der Waals surface area contributed by atoms with Gasteiger partial charge in [-0.05, 0) is 52.9 Å². The zero-order valence-electron chi connectivity index (χ0n) is 9.90. The number of carbonyl (C=O) groups is 1. The minimum atomic E-state index is -0.369. The third-order valence-electron chi connectivity index (χ3n) is 3.28. The number of aliphatic hydroxyl groups excluding tert-OH is 1. The zero-order valence-corrected chi connectivity index (χ0v) is 11.5. The first-order valence-electron chi connectivity index (χ1n) is 5.97. The summed E-state index contributed by atoms with van der Waals surface area (Å²) >= 11 is 3.08. The Kier molecular flexibility index (Phi) is 4.35. The molecule has 0 aliphatic carbocycles. The van der Waals surface area contributed by atoms with Gasteiger partial charge in [0.1, 0.15) is 5.82 Å². The monoisotopic (exact) mass is 315 g/mol. The molecule has 1 aliphatic heterocycles. The Balaban J connectivity index is 2.05. The largest absolute Gasteiger partial charge is 0.396 e. The van der Waals surface area contributed by atoms with E-state index in [0.717, 1.165) is 12.8 Å². The van der Waals surface area contributed by atoms with E-state index in [9.17, 15) is 9.18 Å². The number of rotatable bonds is 3. The molecule has 1 N–H and O–H groups in total. The van der Waals surface area contributed by atoms with Gasteiger partial charge < -0.3 is 10.0 Å². The molecule has 0 aromatic heterocycles. The summed E-state index contributed by atoms with van der Waals surface area (Å²) in [6.07, 6.45) is 1.66. The summed E-state index contributed by atoms with van der Waals surface area (Å²) in [7, 11) is 0. The molecule has 2 rings (SSSR count). The van der Waals surface area contributed by atoms with Crippen molar-refractivity contribution < 1.29 is 14.3 Å². The van der Waals surface area contributed by atoms with Crippen molar-refractivity contribution in [2.24, 2.45) is 5.92 Å². The van der Waals surface area contributed by atoms with Crippen LogP contribution in [0.25, 0.3) is 0 Å². The molecule has 1 fully saturated rings. The Morgan fingerprint density at radius 2 is 2.33 bits per heavy atom. The minimum absolute atomic E-state index is 0.0730. The molecule has 1 heterocycles. The molecule has 1 aliphatic rings. The summed E-state index contributed by atoms with van der Waals surface area (Å²) < 4.78 is 13.4. The third kappa shape index (κ3) is 2.90. The van der Waals surface area contributed by atoms with Gasteiger partial charge in [-0.1, -0.05) is 0 Å². The maximum atomic E-state index is 13.1. The summed E-state index contributed by atoms with van der Waals surface area (Å²) in [5.41, 5.74) is 0.493. The van der Waals surface area contributed by atoms with Crippen LogP contribution in [0.15, 0.2) is 22.7 Å². The van der Waals surface area contributed by atoms with E-state index < -0.39 is 0 Å². The topological polar surface area (TPSA) is 40.5 Å². The van der Waals surface area contributed by atoms with Crippen molar-refractivity contribution in [3.63, 3.8) is 0 Å². The fourth-order valence-corrected chi connectivity index (χ4v) is 2.63. The van der Waals surface area contributed by atoms with Crippen LogP contribution in [0.1, 0.15) is 23.2 Å². The van der Waals surface area contributed by atoms with Crippen LogP contribution in [-0.4, -0.2) is 35.6 Å². The average molecular weight is 316 g/mol. The van der Waals surface area contributed by atoms with Gasteiger partial charge in [-0.25, -0.2) is 4.39 Å². The lowest BCUT2D eigenvalue weighted by Crippen LogP contribution is -2.28. The van der Waals surface area contributed by atoms with Gasteiger partial charge in [0.05, 0.1) is 4.47 Å². The molecule has 0 radical (unpaired) electrons. The van der Waals surface area contributed by atoms with E-state index in [-0.39, 0.29) is 18.3 Å². The van der Waals surface area contributed by atoms with Crippen molar-refractivity contribution in [2.75, 3.05) is 19.7 Å². The quantitative estimate of drug-likeness (QED) is 0.930. The van der Waals surface area contributed by atoms with E-state index in [1.807, 2.05) is 0 Å². The van der Waals surface area contributed by atoms with E-state index in [2.05, 4.69) is 15.9 Å². The fraction of sp³-hybridized carbons (Fsp3) is 0.462. The lowest BCUT2D eigenvalue weighted by molar-refractivity contribution is 0.0784. The molecule has 18 heavy (non-hydrogen) atoms. The second-order valence-electron chi connectivity index (χ2n) is 4.55. The molecular formula is C13H15BrFNO2. The number of halogens is 2. The van der Waals surface area contributed by atoms with Crippen LogP contribution < -0.4 is 0 Å². The van der Waals surface area contributed by atoms with E-state index in [1.54, 1.807) is 4.90 Å². The number of amides is 1. The highest BCUT2D eigenvalue weighted by Gasteiger charge is 2.26. The van der Waals surface area contributed by atoms with Gasteiger partial charge in [0, 0.05) is 25.3 Å². The van der Waals surface area contributed by atoms with Gasteiger partial charge >= 0.3 is 0 Å². The maximum absolute atomic E-state index is 13.1. The van der Waals surface area contributed by atoms with Gasteiger partial charge in [0.25, 0.3) is 5.91 Å². The van der Waals surface area contributed by atoms with Crippen LogP contribution in [-0.2, 0) is 0 Å². The van der Waals surface area contributed by atoms with Crippen molar-refractivity contribution >= 4 is 21.8 Å². The van der Waals surface area contributed by atoms with Gasteiger partial charge in [-0.3, -0.25) is 4.79 Å². The molecule has 0 bridgehead atoms. The Morgan fingerprint density at radius 1 is 1.56 bits per heavy atom. The van der Waals surface area contributed by atoms with Gasteiger partial charge in [0.2, 0.25) is 0 Å². The first kappa shape index (κ1) is 13.5. The van der Waals surface area contributed by atoms with Crippen LogP contribution in [0.2, 0.25) is 0 Å². The summed E-state index contributed by atoms with van der Waals surface area (Å²) in [6, 6.07) is 4.30. The molecule has 1 atom stereocenters. The van der Waals surface area contributed by atoms with Gasteiger partial charge in [-0.2, -0.15) is 0 Å². The first-order valence-corrected chi connectivity index (χ1v) is 6.76. The van der Waals surface area contributed by atoms with Gasteiger partial charge in [-0.15, -0.1) is 0 Å². The molecule has 0 saturated carbocycles. The molecule has 1 amide bonds. The Labute approximate surface area is 114 Å². The lowest BCUT2D eigenvalue weighted by Gasteiger charge is -2.16. The van der Waals surface area contributed by atoms with Crippen LogP contribution in [0.3, 0.4) is 0 Å². The highest BCUT2D eigenvalue weighted by molar-refractivity contribution is 9.10. The maximum Gasteiger partial charge on any atom is 0.253 e. The van der Waals surface area contributed by atoms with E-state index in [4.69, 9.17) is 5.11 Å². The third-order valence-corrected chi connectivity index (χ3v) is 3.88. The van der Waals surface area contributed by atoms with Crippen molar-refractivity contribution in [1.29, 1.82) is 0 Å². The Bertz CT molecular complexity index is 453. The highest BCUT2D eigenvalue weighted by Crippen LogP contribution is 2.23. The number of hydrogen-bond donors (Lipinski definition) is 1. The smallest absolute Gasteiger partial charge is 0.253 e. The van der Waals surface area contributed by atoms with Crippen molar-refractivity contribution in [1.82, 2.24) is 4.90 Å². The second-order valence-corrected chi connectivity index (χ2v) is 5.40. The predicted octanol–water partition coefficient (Wildman–Crippen LogP) is 2.43. The predicted molar refractivity (Wildman–Crippen MR) is 69.8 cm³/mol. The van der Waals surface area contributed by atoms with Crippen LogP contribution in [0.4, 0.5) is 4.39 Å². The van der Waals surface area contributed by atoms with Crippen LogP contribution in [0.5, 0.6) is 0 Å². The number of benzene rings is 1. The Hall–Kier alpha value is -0.940. The standard InChI is InChI=1S/C13H15BrFNO2/c14-11-7-10(1-2-12(11)15)13(18)16-5-3-9(8-16)4-6-17/h1-2,7,9,17H,3-6,8H2. The number of aliphatic hydroxyl groups is 1. The molecule has 1 unspecified atom stereocenters. The normalized spacial score (nSPS) is 19.3. The summed E-state index contributed by atoms with van der Waals surface area (Å²) in [5, 5.41) is 8.88. The first-order chi connectivity index (χ1) is 8.61. The average Bonchev–Trinajstić information content (AvgIpc) is 2.81. The number of likely N-dealkylation sites (tertiary alicyclic amines) is 1.